The minimum atomic E-state index is -3.49. The van der Waals surface area contributed by atoms with Crippen LogP contribution in [0.15, 0.2) is 17.6 Å². The summed E-state index contributed by atoms with van der Waals surface area (Å²) in [5.74, 6) is 0.291. The fourth-order valence-electron chi connectivity index (χ4n) is 3.29. The molecular formula is C12H20N4O2S. The van der Waals surface area contributed by atoms with Crippen molar-refractivity contribution in [1.82, 2.24) is 13.9 Å². The van der Waals surface area contributed by atoms with Crippen molar-refractivity contribution < 1.29 is 8.42 Å². The Hall–Kier alpha value is -0.920. The van der Waals surface area contributed by atoms with Crippen molar-refractivity contribution in [3.63, 3.8) is 0 Å². The third-order valence-electron chi connectivity index (χ3n) is 4.44. The van der Waals surface area contributed by atoms with Gasteiger partial charge in [0, 0.05) is 31.9 Å². The van der Waals surface area contributed by atoms with Crippen LogP contribution in [-0.2, 0) is 17.1 Å². The number of nitrogens with zero attached hydrogens (tertiary/aromatic N) is 3. The highest BCUT2D eigenvalue weighted by atomic mass is 32.2. The van der Waals surface area contributed by atoms with Crippen LogP contribution in [-0.4, -0.2) is 40.9 Å². The lowest BCUT2D eigenvalue weighted by atomic mass is 9.76. The molecule has 0 spiro atoms. The average molecular weight is 284 g/mol. The molecule has 1 aliphatic heterocycles. The highest BCUT2D eigenvalue weighted by molar-refractivity contribution is 7.89. The van der Waals surface area contributed by atoms with E-state index in [4.69, 9.17) is 5.73 Å². The molecular weight excluding hydrogens is 264 g/mol. The van der Waals surface area contributed by atoms with E-state index < -0.39 is 10.0 Å². The SMILES string of the molecule is Cn1cnc(S(=O)(=O)N2CC3CCCCC3(N)C2)c1. The van der Waals surface area contributed by atoms with E-state index >= 15 is 0 Å². The zero-order valence-corrected chi connectivity index (χ0v) is 11.9. The quantitative estimate of drug-likeness (QED) is 0.847. The summed E-state index contributed by atoms with van der Waals surface area (Å²) in [4.78, 5) is 3.96. The van der Waals surface area contributed by atoms with Gasteiger partial charge in [0.05, 0.1) is 6.33 Å². The number of aryl methyl sites for hydroxylation is 1. The second kappa shape index (κ2) is 4.29. The third kappa shape index (κ3) is 2.09. The maximum atomic E-state index is 12.5. The Bertz CT molecular complexity index is 582. The van der Waals surface area contributed by atoms with Crippen LogP contribution < -0.4 is 5.73 Å². The molecule has 3 rings (SSSR count). The molecule has 0 radical (unpaired) electrons. The van der Waals surface area contributed by atoms with Crippen LogP contribution in [0.1, 0.15) is 25.7 Å². The zero-order valence-electron chi connectivity index (χ0n) is 11.1. The summed E-state index contributed by atoms with van der Waals surface area (Å²) in [5.41, 5.74) is 6.07. The molecule has 1 aliphatic carbocycles. The second-order valence-corrected chi connectivity index (χ2v) is 7.74. The number of aromatic nitrogens is 2. The van der Waals surface area contributed by atoms with E-state index in [1.165, 1.54) is 10.6 Å². The highest BCUT2D eigenvalue weighted by Crippen LogP contribution is 2.39. The Morgan fingerprint density at radius 1 is 1.47 bits per heavy atom. The maximum absolute atomic E-state index is 12.5. The molecule has 1 aromatic rings. The predicted octanol–water partition coefficient (Wildman–Crippen LogP) is 0.312. The van der Waals surface area contributed by atoms with E-state index in [9.17, 15) is 8.42 Å². The Kier molecular flexibility index (Phi) is 2.95. The largest absolute Gasteiger partial charge is 0.339 e. The molecule has 2 atom stereocenters. The number of sulfonamides is 1. The monoisotopic (exact) mass is 284 g/mol. The summed E-state index contributed by atoms with van der Waals surface area (Å²) in [6, 6.07) is 0. The van der Waals surface area contributed by atoms with Gasteiger partial charge in [-0.25, -0.2) is 13.4 Å². The van der Waals surface area contributed by atoms with Gasteiger partial charge in [0.15, 0.2) is 5.03 Å². The van der Waals surface area contributed by atoms with E-state index in [1.807, 2.05) is 0 Å². The first-order valence-electron chi connectivity index (χ1n) is 6.69. The lowest BCUT2D eigenvalue weighted by Gasteiger charge is -2.34. The molecule has 1 aromatic heterocycles. The first-order chi connectivity index (χ1) is 8.92. The van der Waals surface area contributed by atoms with E-state index in [0.717, 1.165) is 25.7 Å². The van der Waals surface area contributed by atoms with E-state index in [0.29, 0.717) is 19.0 Å². The molecule has 1 saturated carbocycles. The van der Waals surface area contributed by atoms with Gasteiger partial charge in [-0.2, -0.15) is 4.31 Å². The maximum Gasteiger partial charge on any atom is 0.262 e. The molecule has 0 aromatic carbocycles. The highest BCUT2D eigenvalue weighted by Gasteiger charge is 2.48. The minimum Gasteiger partial charge on any atom is -0.339 e. The van der Waals surface area contributed by atoms with Crippen LogP contribution in [0.4, 0.5) is 0 Å². The van der Waals surface area contributed by atoms with Crippen molar-refractivity contribution in [2.75, 3.05) is 13.1 Å². The number of fused-ring (bicyclic) bond motifs is 1. The van der Waals surface area contributed by atoms with Crippen molar-refractivity contribution in [3.8, 4) is 0 Å². The Labute approximate surface area is 113 Å². The molecule has 1 saturated heterocycles. The van der Waals surface area contributed by atoms with Crippen LogP contribution >= 0.6 is 0 Å². The summed E-state index contributed by atoms with van der Waals surface area (Å²) in [7, 11) is -1.73. The van der Waals surface area contributed by atoms with E-state index in [1.54, 1.807) is 17.8 Å². The van der Waals surface area contributed by atoms with Gasteiger partial charge >= 0.3 is 0 Å². The molecule has 2 fully saturated rings. The smallest absolute Gasteiger partial charge is 0.262 e. The van der Waals surface area contributed by atoms with Gasteiger partial charge in [-0.15, -0.1) is 0 Å². The molecule has 2 heterocycles. The van der Waals surface area contributed by atoms with Crippen molar-refractivity contribution in [1.29, 1.82) is 0 Å². The lowest BCUT2D eigenvalue weighted by Crippen LogP contribution is -2.49. The molecule has 2 N–H and O–H groups in total. The topological polar surface area (TPSA) is 81.2 Å². The van der Waals surface area contributed by atoms with Crippen molar-refractivity contribution >= 4 is 10.0 Å². The summed E-state index contributed by atoms with van der Waals surface area (Å²) in [5, 5.41) is 0.122. The number of hydrogen-bond donors (Lipinski definition) is 1. The fraction of sp³-hybridized carbons (Fsp3) is 0.750. The molecule has 106 valence electrons. The average Bonchev–Trinajstić information content (AvgIpc) is 2.92. The number of hydrogen-bond acceptors (Lipinski definition) is 4. The normalized spacial score (nSPS) is 32.4. The fourth-order valence-corrected chi connectivity index (χ4v) is 4.82. The van der Waals surface area contributed by atoms with Gasteiger partial charge in [0.2, 0.25) is 0 Å². The first-order valence-corrected chi connectivity index (χ1v) is 8.13. The van der Waals surface area contributed by atoms with Crippen molar-refractivity contribution in [2.45, 2.75) is 36.2 Å². The van der Waals surface area contributed by atoms with Gasteiger partial charge < -0.3 is 10.3 Å². The Balaban J connectivity index is 1.88. The standard InChI is InChI=1S/C12H20N4O2S/c1-15-7-11(14-9-15)19(17,18)16-6-10-4-2-3-5-12(10,13)8-16/h7,9-10H,2-6,8,13H2,1H3. The first kappa shape index (κ1) is 13.1. The van der Waals surface area contributed by atoms with Crippen LogP contribution in [0.25, 0.3) is 0 Å². The third-order valence-corrected chi connectivity index (χ3v) is 6.14. The summed E-state index contributed by atoms with van der Waals surface area (Å²) in [6.45, 7) is 0.964. The molecule has 2 aliphatic rings. The second-order valence-electron chi connectivity index (χ2n) is 5.85. The Morgan fingerprint density at radius 3 is 2.89 bits per heavy atom. The molecule has 0 bridgehead atoms. The minimum absolute atomic E-state index is 0.122. The van der Waals surface area contributed by atoms with Crippen LogP contribution in [0.5, 0.6) is 0 Å². The Morgan fingerprint density at radius 2 is 2.26 bits per heavy atom. The van der Waals surface area contributed by atoms with Gasteiger partial charge in [0.25, 0.3) is 10.0 Å². The lowest BCUT2D eigenvalue weighted by molar-refractivity contribution is 0.247. The predicted molar refractivity (Wildman–Crippen MR) is 70.8 cm³/mol. The van der Waals surface area contributed by atoms with E-state index in [2.05, 4.69) is 4.98 Å². The van der Waals surface area contributed by atoms with Crippen molar-refractivity contribution in [2.24, 2.45) is 18.7 Å². The molecule has 7 heteroatoms. The van der Waals surface area contributed by atoms with Crippen LogP contribution in [0.3, 0.4) is 0 Å². The number of rotatable bonds is 2. The van der Waals surface area contributed by atoms with Gasteiger partial charge in [0.1, 0.15) is 0 Å². The van der Waals surface area contributed by atoms with Crippen molar-refractivity contribution in [3.05, 3.63) is 12.5 Å². The summed E-state index contributed by atoms with van der Waals surface area (Å²) < 4.78 is 28.2. The molecule has 0 amide bonds. The molecule has 2 unspecified atom stereocenters. The summed E-state index contributed by atoms with van der Waals surface area (Å²) in [6.07, 6.45) is 7.26. The van der Waals surface area contributed by atoms with Crippen LogP contribution in [0, 0.1) is 5.92 Å². The van der Waals surface area contributed by atoms with Gasteiger partial charge in [-0.05, 0) is 18.8 Å². The zero-order chi connectivity index (χ0) is 13.7. The van der Waals surface area contributed by atoms with Gasteiger partial charge in [-0.1, -0.05) is 12.8 Å². The number of nitrogens with two attached hydrogens (primary N) is 1. The molecule has 19 heavy (non-hydrogen) atoms. The van der Waals surface area contributed by atoms with Crippen LogP contribution in [0.2, 0.25) is 0 Å². The number of imidazole rings is 1. The molecule has 6 nitrogen and oxygen atoms in total. The van der Waals surface area contributed by atoms with Gasteiger partial charge in [-0.3, -0.25) is 0 Å². The summed E-state index contributed by atoms with van der Waals surface area (Å²) >= 11 is 0. The van der Waals surface area contributed by atoms with E-state index in [-0.39, 0.29) is 10.6 Å².